The number of piperazine rings is 1. The van der Waals surface area contributed by atoms with E-state index in [2.05, 4.69) is 4.90 Å². The van der Waals surface area contributed by atoms with E-state index in [1.54, 1.807) is 18.2 Å². The summed E-state index contributed by atoms with van der Waals surface area (Å²) in [5.74, 6) is -5.95. The molecule has 6 rings (SSSR count). The normalized spacial score (nSPS) is 29.4. The first kappa shape index (κ1) is 23.0. The molecule has 3 atom stereocenters. The summed E-state index contributed by atoms with van der Waals surface area (Å²) >= 11 is 0. The number of nitrogens with zero attached hydrogens (tertiary/aromatic N) is 2. The van der Waals surface area contributed by atoms with Crippen LogP contribution in [0, 0.1) is 5.92 Å². The summed E-state index contributed by atoms with van der Waals surface area (Å²) in [5, 5.41) is 44.6. The molecular weight excluding hydrogens is 466 g/mol. The third-order valence-electron chi connectivity index (χ3n) is 8.29. The molecule has 1 saturated carbocycles. The highest BCUT2D eigenvalue weighted by Crippen LogP contribution is 2.49. The van der Waals surface area contributed by atoms with E-state index in [0.29, 0.717) is 43.2 Å². The second-order valence-electron chi connectivity index (χ2n) is 10.2. The molecule has 188 valence electrons. The van der Waals surface area contributed by atoms with E-state index in [1.807, 2.05) is 4.90 Å². The molecule has 2 fully saturated rings. The van der Waals surface area contributed by atoms with Gasteiger partial charge < -0.3 is 26.2 Å². The molecule has 3 unspecified atom stereocenters. The van der Waals surface area contributed by atoms with Crippen molar-refractivity contribution in [1.82, 2.24) is 9.80 Å². The van der Waals surface area contributed by atoms with Crippen molar-refractivity contribution in [3.05, 3.63) is 46.7 Å². The fourth-order valence-electron chi connectivity index (χ4n) is 6.37. The number of nitrogens with two attached hydrogens (primary N) is 1. The molecule has 10 heteroatoms. The number of hydrogen-bond donors (Lipinski definition) is 5. The molecule has 2 aromatic carbocycles. The van der Waals surface area contributed by atoms with Crippen molar-refractivity contribution in [2.45, 2.75) is 36.9 Å². The number of carbonyl (C=O) groups is 3. The molecule has 4 aliphatic rings. The van der Waals surface area contributed by atoms with Crippen molar-refractivity contribution in [2.24, 2.45) is 11.7 Å². The molecule has 0 bridgehead atoms. The Morgan fingerprint density at radius 3 is 2.33 bits per heavy atom. The van der Waals surface area contributed by atoms with E-state index in [4.69, 9.17) is 5.73 Å². The second kappa shape index (κ2) is 7.76. The van der Waals surface area contributed by atoms with Crippen molar-refractivity contribution in [3.63, 3.8) is 0 Å². The van der Waals surface area contributed by atoms with Gasteiger partial charge in [0.1, 0.15) is 22.8 Å². The SMILES string of the molecule is NC(=O)C1=C(O)C2(O)C(=O)c3c(cc4cccc(O)c4c3O)CC2C(N2CCN(C3CC3)CC2)C1=O. The molecule has 36 heavy (non-hydrogen) atoms. The highest BCUT2D eigenvalue weighted by Gasteiger charge is 2.62. The zero-order valence-corrected chi connectivity index (χ0v) is 19.5. The van der Waals surface area contributed by atoms with Crippen LogP contribution in [0.25, 0.3) is 10.8 Å². The summed E-state index contributed by atoms with van der Waals surface area (Å²) in [7, 11) is 0. The number of Topliss-reactive ketones (excluding diaryl/α,β-unsaturated/α-hetero) is 2. The maximum absolute atomic E-state index is 13.8. The van der Waals surface area contributed by atoms with Gasteiger partial charge in [-0.25, -0.2) is 0 Å². The summed E-state index contributed by atoms with van der Waals surface area (Å²) in [6.07, 6.45) is 2.27. The van der Waals surface area contributed by atoms with Crippen LogP contribution in [-0.4, -0.2) is 91.6 Å². The number of aliphatic hydroxyl groups is 2. The molecule has 0 radical (unpaired) electrons. The van der Waals surface area contributed by atoms with Crippen molar-refractivity contribution >= 4 is 28.2 Å². The Hall–Kier alpha value is -3.47. The van der Waals surface area contributed by atoms with Gasteiger partial charge in [0, 0.05) is 38.1 Å². The van der Waals surface area contributed by atoms with Gasteiger partial charge in [-0.2, -0.15) is 0 Å². The zero-order chi connectivity index (χ0) is 25.5. The number of primary amides is 1. The van der Waals surface area contributed by atoms with E-state index in [1.165, 1.54) is 6.07 Å². The molecule has 3 aliphatic carbocycles. The van der Waals surface area contributed by atoms with Gasteiger partial charge in [0.15, 0.2) is 11.4 Å². The maximum atomic E-state index is 13.8. The number of ketones is 2. The Bertz CT molecular complexity index is 1370. The van der Waals surface area contributed by atoms with Crippen LogP contribution in [0.2, 0.25) is 0 Å². The van der Waals surface area contributed by atoms with Crippen LogP contribution in [-0.2, 0) is 16.0 Å². The van der Waals surface area contributed by atoms with Gasteiger partial charge in [-0.3, -0.25) is 24.2 Å². The minimum absolute atomic E-state index is 0.0217. The number of phenolic OH excluding ortho intramolecular Hbond substituents is 2. The first-order valence-corrected chi connectivity index (χ1v) is 12.1. The van der Waals surface area contributed by atoms with Crippen LogP contribution in [0.4, 0.5) is 0 Å². The van der Waals surface area contributed by atoms with Gasteiger partial charge in [-0.1, -0.05) is 18.2 Å². The van der Waals surface area contributed by atoms with Gasteiger partial charge in [0.25, 0.3) is 5.91 Å². The number of aromatic hydroxyl groups is 2. The van der Waals surface area contributed by atoms with Gasteiger partial charge in [0.05, 0.1) is 17.0 Å². The summed E-state index contributed by atoms with van der Waals surface area (Å²) < 4.78 is 0. The second-order valence-corrected chi connectivity index (χ2v) is 10.2. The summed E-state index contributed by atoms with van der Waals surface area (Å²) in [5.41, 5.74) is 2.14. The Labute approximate surface area is 206 Å². The average molecular weight is 494 g/mol. The van der Waals surface area contributed by atoms with Crippen molar-refractivity contribution in [1.29, 1.82) is 0 Å². The van der Waals surface area contributed by atoms with E-state index >= 15 is 0 Å². The first-order valence-electron chi connectivity index (χ1n) is 12.1. The fraction of sp³-hybridized carbons (Fsp3) is 0.423. The number of phenols is 2. The summed E-state index contributed by atoms with van der Waals surface area (Å²) in [6, 6.07) is 5.76. The third-order valence-corrected chi connectivity index (χ3v) is 8.29. The van der Waals surface area contributed by atoms with Crippen LogP contribution >= 0.6 is 0 Å². The molecule has 0 spiro atoms. The lowest BCUT2D eigenvalue weighted by atomic mass is 9.61. The Kier molecular flexibility index (Phi) is 4.95. The van der Waals surface area contributed by atoms with Gasteiger partial charge >= 0.3 is 0 Å². The number of amides is 1. The van der Waals surface area contributed by atoms with E-state index in [-0.39, 0.29) is 23.1 Å². The Morgan fingerprint density at radius 1 is 1.03 bits per heavy atom. The molecule has 10 nitrogen and oxygen atoms in total. The zero-order valence-electron chi connectivity index (χ0n) is 19.5. The largest absolute Gasteiger partial charge is 0.508 e. The topological polar surface area (TPSA) is 165 Å². The lowest BCUT2D eigenvalue weighted by molar-refractivity contribution is -0.134. The maximum Gasteiger partial charge on any atom is 0.255 e. The first-order chi connectivity index (χ1) is 17.1. The van der Waals surface area contributed by atoms with E-state index < -0.39 is 52.1 Å². The van der Waals surface area contributed by atoms with E-state index in [0.717, 1.165) is 12.8 Å². The van der Waals surface area contributed by atoms with Crippen molar-refractivity contribution in [3.8, 4) is 11.5 Å². The van der Waals surface area contributed by atoms with Crippen LogP contribution < -0.4 is 5.73 Å². The van der Waals surface area contributed by atoms with Crippen LogP contribution in [0.1, 0.15) is 28.8 Å². The fourth-order valence-corrected chi connectivity index (χ4v) is 6.37. The van der Waals surface area contributed by atoms with Crippen LogP contribution in [0.5, 0.6) is 11.5 Å². The standard InChI is InChI=1S/C26H27N3O7/c27-25(35)19-22(32)20(29-8-6-28(7-9-29)14-4-5-14)15-11-13-10-12-2-1-3-16(30)17(12)21(31)18(13)23(33)26(15,36)24(19)34/h1-3,10,14-15,20,30-31,34,36H,4-9,11H2,(H2,27,35). The molecule has 1 amide bonds. The lowest BCUT2D eigenvalue weighted by Crippen LogP contribution is -2.67. The molecule has 6 N–H and O–H groups in total. The molecule has 2 aromatic rings. The monoisotopic (exact) mass is 493 g/mol. The lowest BCUT2D eigenvalue weighted by Gasteiger charge is -2.50. The van der Waals surface area contributed by atoms with Crippen molar-refractivity contribution < 1.29 is 34.8 Å². The number of carbonyl (C=O) groups excluding carboxylic acids is 3. The quantitative estimate of drug-likeness (QED) is 0.380. The highest BCUT2D eigenvalue weighted by molar-refractivity contribution is 6.25. The summed E-state index contributed by atoms with van der Waals surface area (Å²) in [4.78, 5) is 43.9. The number of rotatable bonds is 3. The molecule has 0 aromatic heterocycles. The molecule has 1 heterocycles. The molecule has 1 saturated heterocycles. The Morgan fingerprint density at radius 2 is 1.69 bits per heavy atom. The number of hydrogen-bond acceptors (Lipinski definition) is 9. The van der Waals surface area contributed by atoms with Gasteiger partial charge in [-0.15, -0.1) is 0 Å². The minimum atomic E-state index is -2.64. The van der Waals surface area contributed by atoms with Crippen molar-refractivity contribution in [2.75, 3.05) is 26.2 Å². The van der Waals surface area contributed by atoms with Crippen LogP contribution in [0.15, 0.2) is 35.6 Å². The van der Waals surface area contributed by atoms with Gasteiger partial charge in [0.2, 0.25) is 5.78 Å². The predicted octanol–water partition coefficient (Wildman–Crippen LogP) is 0.366. The smallest absolute Gasteiger partial charge is 0.255 e. The molecular formula is C26H27N3O7. The number of aliphatic hydroxyl groups excluding tert-OH is 1. The number of fused-ring (bicyclic) bond motifs is 3. The molecule has 1 aliphatic heterocycles. The number of benzene rings is 2. The third kappa shape index (κ3) is 3.04. The highest BCUT2D eigenvalue weighted by atomic mass is 16.3. The van der Waals surface area contributed by atoms with Crippen LogP contribution in [0.3, 0.4) is 0 Å². The summed E-state index contributed by atoms with van der Waals surface area (Å²) in [6.45, 7) is 2.39. The predicted molar refractivity (Wildman–Crippen MR) is 128 cm³/mol. The van der Waals surface area contributed by atoms with Gasteiger partial charge in [-0.05, 0) is 36.3 Å². The van der Waals surface area contributed by atoms with E-state index in [9.17, 15) is 34.8 Å². The Balaban J connectivity index is 1.51. The average Bonchev–Trinajstić information content (AvgIpc) is 3.67. The minimum Gasteiger partial charge on any atom is -0.508 e.